The van der Waals surface area contributed by atoms with Crippen LogP contribution in [0.3, 0.4) is 0 Å². The Hall–Kier alpha value is -2.08. The molecular weight excluding hydrogens is 336 g/mol. The van der Waals surface area contributed by atoms with E-state index >= 15 is 0 Å². The van der Waals surface area contributed by atoms with Gasteiger partial charge in [-0.15, -0.1) is 11.3 Å². The molecule has 0 amide bonds. The quantitative estimate of drug-likeness (QED) is 0.888. The molecule has 9 heteroatoms. The largest absolute Gasteiger partial charge is 0.478 e. The Balaban J connectivity index is 2.43. The Morgan fingerprint density at radius 3 is 2.62 bits per heavy atom. The minimum Gasteiger partial charge on any atom is -0.478 e. The number of carbonyl (C=O) groups is 1. The zero-order chi connectivity index (χ0) is 15.6. The number of thiophene rings is 1. The van der Waals surface area contributed by atoms with Gasteiger partial charge in [-0.05, 0) is 30.3 Å². The molecule has 0 aliphatic rings. The number of aromatic carboxylic acids is 1. The van der Waals surface area contributed by atoms with E-state index in [1.165, 1.54) is 30.3 Å². The third-order valence-electron chi connectivity index (χ3n) is 2.41. The minimum atomic E-state index is -3.98. The summed E-state index contributed by atoms with van der Waals surface area (Å²) in [5.41, 5.74) is -0.359. The first kappa shape index (κ1) is 15.3. The minimum absolute atomic E-state index is 0.0876. The SMILES string of the molecule is N#Cc1ccc(S(=O)(=O)Nc2cc(Cl)ccc2C(=O)O)s1. The standard InChI is InChI=1S/C12H7ClN2O4S2/c13-7-1-3-9(12(16)17)10(5-7)15-21(18,19)11-4-2-8(6-14)20-11/h1-5,15H,(H,16,17). The fraction of sp³-hybridized carbons (Fsp3) is 0. The fourth-order valence-corrected chi connectivity index (χ4v) is 3.85. The van der Waals surface area contributed by atoms with E-state index in [1.807, 2.05) is 6.07 Å². The summed E-state index contributed by atoms with van der Waals surface area (Å²) in [5.74, 6) is -1.28. The molecule has 2 rings (SSSR count). The molecule has 0 radical (unpaired) electrons. The number of halogens is 1. The summed E-state index contributed by atoms with van der Waals surface area (Å²) in [5, 5.41) is 18.0. The predicted molar refractivity (Wildman–Crippen MR) is 78.3 cm³/mol. The maximum Gasteiger partial charge on any atom is 0.337 e. The highest BCUT2D eigenvalue weighted by Crippen LogP contribution is 2.27. The Morgan fingerprint density at radius 2 is 2.05 bits per heavy atom. The Labute approximate surface area is 129 Å². The van der Waals surface area contributed by atoms with Gasteiger partial charge in [0, 0.05) is 5.02 Å². The molecule has 1 aromatic heterocycles. The molecule has 0 aliphatic heterocycles. The topological polar surface area (TPSA) is 107 Å². The van der Waals surface area contributed by atoms with Crippen LogP contribution in [0, 0.1) is 11.3 Å². The van der Waals surface area contributed by atoms with Gasteiger partial charge in [0.25, 0.3) is 10.0 Å². The van der Waals surface area contributed by atoms with Crippen LogP contribution in [0.25, 0.3) is 0 Å². The van der Waals surface area contributed by atoms with E-state index in [9.17, 15) is 13.2 Å². The van der Waals surface area contributed by atoms with Gasteiger partial charge in [0.15, 0.2) is 0 Å². The number of nitrogens with zero attached hydrogens (tertiary/aromatic N) is 1. The smallest absolute Gasteiger partial charge is 0.337 e. The van der Waals surface area contributed by atoms with Gasteiger partial charge >= 0.3 is 5.97 Å². The second kappa shape index (κ2) is 5.73. The molecule has 6 nitrogen and oxygen atoms in total. The Kier molecular flexibility index (Phi) is 4.18. The molecule has 0 aliphatic carbocycles. The molecule has 0 saturated heterocycles. The highest BCUT2D eigenvalue weighted by atomic mass is 35.5. The van der Waals surface area contributed by atoms with Crippen LogP contribution in [0.5, 0.6) is 0 Å². The van der Waals surface area contributed by atoms with Crippen molar-refractivity contribution in [2.45, 2.75) is 4.21 Å². The van der Waals surface area contributed by atoms with Gasteiger partial charge in [0.1, 0.15) is 15.2 Å². The number of carboxylic acids is 1. The lowest BCUT2D eigenvalue weighted by Gasteiger charge is -2.09. The normalized spacial score (nSPS) is 10.9. The number of carboxylic acid groups (broad SMARTS) is 1. The lowest BCUT2D eigenvalue weighted by molar-refractivity contribution is 0.0698. The molecule has 1 aromatic carbocycles. The number of sulfonamides is 1. The zero-order valence-corrected chi connectivity index (χ0v) is 12.6. The molecule has 0 saturated carbocycles. The van der Waals surface area contributed by atoms with Gasteiger partial charge in [-0.1, -0.05) is 11.6 Å². The van der Waals surface area contributed by atoms with Crippen molar-refractivity contribution in [3.63, 3.8) is 0 Å². The van der Waals surface area contributed by atoms with Crippen molar-refractivity contribution in [3.8, 4) is 6.07 Å². The lowest BCUT2D eigenvalue weighted by Crippen LogP contribution is -2.14. The number of hydrogen-bond donors (Lipinski definition) is 2. The lowest BCUT2D eigenvalue weighted by atomic mass is 10.2. The average molecular weight is 343 g/mol. The van der Waals surface area contributed by atoms with Crippen LogP contribution in [-0.4, -0.2) is 19.5 Å². The summed E-state index contributed by atoms with van der Waals surface area (Å²) in [7, 11) is -3.98. The highest BCUT2D eigenvalue weighted by molar-refractivity contribution is 7.94. The van der Waals surface area contributed by atoms with Crippen LogP contribution in [0.4, 0.5) is 5.69 Å². The summed E-state index contributed by atoms with van der Waals surface area (Å²) in [6, 6.07) is 8.24. The average Bonchev–Trinajstić information content (AvgIpc) is 2.87. The van der Waals surface area contributed by atoms with E-state index in [4.69, 9.17) is 22.0 Å². The van der Waals surface area contributed by atoms with Crippen molar-refractivity contribution < 1.29 is 18.3 Å². The second-order valence-electron chi connectivity index (χ2n) is 3.83. The van der Waals surface area contributed by atoms with E-state index in [0.29, 0.717) is 0 Å². The number of rotatable bonds is 4. The van der Waals surface area contributed by atoms with Crippen molar-refractivity contribution in [2.24, 2.45) is 0 Å². The van der Waals surface area contributed by atoms with E-state index in [0.717, 1.165) is 11.3 Å². The predicted octanol–water partition coefficient (Wildman–Crippen LogP) is 2.77. The van der Waals surface area contributed by atoms with Crippen molar-refractivity contribution in [2.75, 3.05) is 4.72 Å². The zero-order valence-electron chi connectivity index (χ0n) is 10.2. The van der Waals surface area contributed by atoms with Crippen LogP contribution < -0.4 is 4.72 Å². The van der Waals surface area contributed by atoms with Crippen LogP contribution >= 0.6 is 22.9 Å². The third kappa shape index (κ3) is 3.33. The molecule has 1 heterocycles. The number of hydrogen-bond acceptors (Lipinski definition) is 5. The second-order valence-corrected chi connectivity index (χ2v) is 7.26. The molecule has 21 heavy (non-hydrogen) atoms. The number of anilines is 1. The summed E-state index contributed by atoms with van der Waals surface area (Å²) < 4.78 is 26.4. The molecule has 2 aromatic rings. The van der Waals surface area contributed by atoms with Gasteiger partial charge < -0.3 is 5.11 Å². The molecule has 0 spiro atoms. The molecule has 0 fully saturated rings. The molecule has 0 bridgehead atoms. The van der Waals surface area contributed by atoms with Crippen LogP contribution in [0.1, 0.15) is 15.2 Å². The molecule has 2 N–H and O–H groups in total. The molecule has 0 unspecified atom stereocenters. The van der Waals surface area contributed by atoms with E-state index < -0.39 is 16.0 Å². The first-order valence-electron chi connectivity index (χ1n) is 5.39. The van der Waals surface area contributed by atoms with Gasteiger partial charge in [-0.25, -0.2) is 13.2 Å². The van der Waals surface area contributed by atoms with Crippen molar-refractivity contribution >= 4 is 44.6 Å². The first-order valence-corrected chi connectivity index (χ1v) is 8.07. The van der Waals surface area contributed by atoms with E-state index in [-0.39, 0.29) is 25.4 Å². The highest BCUT2D eigenvalue weighted by Gasteiger charge is 2.20. The summed E-state index contributed by atoms with van der Waals surface area (Å²) in [6.07, 6.45) is 0. The summed E-state index contributed by atoms with van der Waals surface area (Å²) in [6.45, 7) is 0. The monoisotopic (exact) mass is 342 g/mol. The van der Waals surface area contributed by atoms with Crippen LogP contribution in [0.2, 0.25) is 5.02 Å². The third-order valence-corrected chi connectivity index (χ3v) is 5.50. The van der Waals surface area contributed by atoms with Gasteiger partial charge in [-0.3, -0.25) is 4.72 Å². The number of benzene rings is 1. The first-order chi connectivity index (χ1) is 9.83. The summed E-state index contributed by atoms with van der Waals surface area (Å²) in [4.78, 5) is 11.3. The van der Waals surface area contributed by atoms with Crippen LogP contribution in [0.15, 0.2) is 34.5 Å². The fourth-order valence-electron chi connectivity index (χ4n) is 1.51. The molecular formula is C12H7ClN2O4S2. The molecule has 0 atom stereocenters. The maximum absolute atomic E-state index is 12.2. The van der Waals surface area contributed by atoms with Crippen molar-refractivity contribution in [1.82, 2.24) is 0 Å². The van der Waals surface area contributed by atoms with E-state index in [2.05, 4.69) is 4.72 Å². The molecule has 108 valence electrons. The Bertz CT molecular complexity index is 852. The van der Waals surface area contributed by atoms with E-state index in [1.54, 1.807) is 0 Å². The number of nitriles is 1. The van der Waals surface area contributed by atoms with Crippen molar-refractivity contribution in [3.05, 3.63) is 45.8 Å². The van der Waals surface area contributed by atoms with Gasteiger partial charge in [-0.2, -0.15) is 5.26 Å². The Morgan fingerprint density at radius 1 is 1.33 bits per heavy atom. The van der Waals surface area contributed by atoms with Crippen LogP contribution in [-0.2, 0) is 10.0 Å². The number of nitrogens with one attached hydrogen (secondary N) is 1. The maximum atomic E-state index is 12.2. The van der Waals surface area contributed by atoms with Crippen molar-refractivity contribution in [1.29, 1.82) is 5.26 Å². The van der Waals surface area contributed by atoms with Gasteiger partial charge in [0.05, 0.1) is 11.3 Å². The van der Waals surface area contributed by atoms with Gasteiger partial charge in [0.2, 0.25) is 0 Å². The summed E-state index contributed by atoms with van der Waals surface area (Å²) >= 11 is 6.54.